The summed E-state index contributed by atoms with van der Waals surface area (Å²) in [5.41, 5.74) is 0.839. The summed E-state index contributed by atoms with van der Waals surface area (Å²) in [6.07, 6.45) is 1.95. The lowest BCUT2D eigenvalue weighted by Gasteiger charge is -2.23. The summed E-state index contributed by atoms with van der Waals surface area (Å²) < 4.78 is 23.6. The number of carbonyl (C=O) groups is 1. The lowest BCUT2D eigenvalue weighted by atomic mass is 10.2. The molecule has 1 aliphatic rings. The minimum Gasteiger partial charge on any atom is -0.494 e. The topological polar surface area (TPSA) is 70.1 Å². The van der Waals surface area contributed by atoms with Crippen LogP contribution in [0.5, 0.6) is 17.2 Å². The first-order chi connectivity index (χ1) is 15.7. The van der Waals surface area contributed by atoms with Gasteiger partial charge in [0.2, 0.25) is 0 Å². The first-order valence-corrected chi connectivity index (χ1v) is 11.8. The molecule has 2 aromatic carbocycles. The molecule has 3 aromatic rings. The highest BCUT2D eigenvalue weighted by Gasteiger charge is 2.26. The normalized spacial score (nSPS) is 15.6. The number of aromatic nitrogens is 1. The van der Waals surface area contributed by atoms with Gasteiger partial charge in [0, 0.05) is 6.61 Å². The molecule has 32 heavy (non-hydrogen) atoms. The van der Waals surface area contributed by atoms with E-state index < -0.39 is 0 Å². The Balaban J connectivity index is 1.50. The molecule has 8 heteroatoms. The van der Waals surface area contributed by atoms with Gasteiger partial charge in [-0.2, -0.15) is 0 Å². The van der Waals surface area contributed by atoms with E-state index in [9.17, 15) is 4.79 Å². The summed E-state index contributed by atoms with van der Waals surface area (Å²) in [5.74, 6) is 2.03. The van der Waals surface area contributed by atoms with Crippen LogP contribution in [0.15, 0.2) is 42.5 Å². The van der Waals surface area contributed by atoms with Gasteiger partial charge in [-0.05, 0) is 69.2 Å². The Morgan fingerprint density at radius 2 is 1.75 bits per heavy atom. The van der Waals surface area contributed by atoms with Crippen molar-refractivity contribution in [2.45, 2.75) is 32.8 Å². The molecule has 0 bridgehead atoms. The van der Waals surface area contributed by atoms with Crippen molar-refractivity contribution in [3.8, 4) is 17.2 Å². The van der Waals surface area contributed by atoms with Crippen LogP contribution in [0.2, 0.25) is 0 Å². The predicted octanol–water partition coefficient (Wildman–Crippen LogP) is 4.68. The van der Waals surface area contributed by atoms with Gasteiger partial charge in [0.1, 0.15) is 17.2 Å². The van der Waals surface area contributed by atoms with Crippen LogP contribution in [0, 0.1) is 0 Å². The van der Waals surface area contributed by atoms with Gasteiger partial charge in [0.05, 0.1) is 36.1 Å². The maximum Gasteiger partial charge on any atom is 0.266 e. The highest BCUT2D eigenvalue weighted by Crippen LogP contribution is 2.32. The highest BCUT2D eigenvalue weighted by molar-refractivity contribution is 7.22. The number of rotatable bonds is 10. The fourth-order valence-electron chi connectivity index (χ4n) is 3.56. The van der Waals surface area contributed by atoms with E-state index >= 15 is 0 Å². The van der Waals surface area contributed by atoms with E-state index in [4.69, 9.17) is 23.9 Å². The van der Waals surface area contributed by atoms with Crippen molar-refractivity contribution in [1.82, 2.24) is 4.98 Å². The Labute approximate surface area is 191 Å². The molecule has 4 rings (SSSR count). The second-order valence-electron chi connectivity index (χ2n) is 7.39. The van der Waals surface area contributed by atoms with Crippen LogP contribution >= 0.6 is 11.3 Å². The third-order valence-corrected chi connectivity index (χ3v) is 6.14. The summed E-state index contributed by atoms with van der Waals surface area (Å²) >= 11 is 1.47. The Kier molecular flexibility index (Phi) is 7.44. The van der Waals surface area contributed by atoms with Crippen LogP contribution in [0.25, 0.3) is 10.2 Å². The van der Waals surface area contributed by atoms with E-state index in [0.29, 0.717) is 30.6 Å². The second kappa shape index (κ2) is 10.7. The van der Waals surface area contributed by atoms with Gasteiger partial charge in [-0.1, -0.05) is 11.3 Å². The van der Waals surface area contributed by atoms with Gasteiger partial charge in [-0.25, -0.2) is 4.98 Å². The number of fused-ring (bicyclic) bond motifs is 1. The zero-order chi connectivity index (χ0) is 22.3. The molecule has 0 spiro atoms. The Morgan fingerprint density at radius 3 is 2.44 bits per heavy atom. The van der Waals surface area contributed by atoms with Crippen LogP contribution < -0.4 is 19.1 Å². The maximum atomic E-state index is 13.2. The van der Waals surface area contributed by atoms with E-state index in [1.54, 1.807) is 17.0 Å². The van der Waals surface area contributed by atoms with Crippen molar-refractivity contribution in [2.75, 3.05) is 37.9 Å². The van der Waals surface area contributed by atoms with Crippen LogP contribution in [-0.2, 0) is 9.53 Å². The smallest absolute Gasteiger partial charge is 0.266 e. The summed E-state index contributed by atoms with van der Waals surface area (Å²) in [6.45, 7) is 6.20. The molecule has 1 unspecified atom stereocenters. The van der Waals surface area contributed by atoms with Crippen molar-refractivity contribution >= 4 is 32.6 Å². The molecule has 0 radical (unpaired) electrons. The lowest BCUT2D eigenvalue weighted by molar-refractivity contribution is -0.120. The molecular formula is C24H28N2O5S. The minimum absolute atomic E-state index is 0.00965. The Bertz CT molecular complexity index is 1030. The monoisotopic (exact) mass is 456 g/mol. The van der Waals surface area contributed by atoms with Gasteiger partial charge < -0.3 is 18.9 Å². The number of nitrogens with zero attached hydrogens (tertiary/aromatic N) is 2. The number of benzene rings is 2. The fourth-order valence-corrected chi connectivity index (χ4v) is 4.59. The first kappa shape index (κ1) is 22.4. The SMILES string of the molecule is CCOc1ccc(OCC(=O)N(CC2CCCO2)c2nc3ccc(OCC)cc3s2)cc1. The molecule has 1 saturated heterocycles. The number of ether oxygens (including phenoxy) is 4. The molecule has 0 aliphatic carbocycles. The number of anilines is 1. The van der Waals surface area contributed by atoms with Crippen molar-refractivity contribution < 1.29 is 23.7 Å². The number of hydrogen-bond acceptors (Lipinski definition) is 7. The average Bonchev–Trinajstić information content (AvgIpc) is 3.46. The quantitative estimate of drug-likeness (QED) is 0.441. The molecule has 1 aromatic heterocycles. The third-order valence-electron chi connectivity index (χ3n) is 5.10. The van der Waals surface area contributed by atoms with E-state index in [0.717, 1.165) is 41.2 Å². The molecule has 170 valence electrons. The summed E-state index contributed by atoms with van der Waals surface area (Å²) in [7, 11) is 0. The number of thiazole rings is 1. The molecule has 0 saturated carbocycles. The van der Waals surface area contributed by atoms with Crippen molar-refractivity contribution in [3.05, 3.63) is 42.5 Å². The van der Waals surface area contributed by atoms with Crippen LogP contribution in [-0.4, -0.2) is 50.0 Å². The lowest BCUT2D eigenvalue weighted by Crippen LogP contribution is -2.40. The molecule has 1 atom stereocenters. The predicted molar refractivity (Wildman–Crippen MR) is 125 cm³/mol. The van der Waals surface area contributed by atoms with Crippen molar-refractivity contribution in [1.29, 1.82) is 0 Å². The van der Waals surface area contributed by atoms with Gasteiger partial charge in [0.15, 0.2) is 11.7 Å². The average molecular weight is 457 g/mol. The molecular weight excluding hydrogens is 428 g/mol. The van der Waals surface area contributed by atoms with Gasteiger partial charge in [-0.3, -0.25) is 9.69 Å². The number of hydrogen-bond donors (Lipinski definition) is 0. The summed E-state index contributed by atoms with van der Waals surface area (Å²) in [5, 5.41) is 0.643. The zero-order valence-electron chi connectivity index (χ0n) is 18.4. The van der Waals surface area contributed by atoms with E-state index in [-0.39, 0.29) is 18.6 Å². The van der Waals surface area contributed by atoms with E-state index in [1.807, 2.05) is 44.2 Å². The number of carbonyl (C=O) groups excluding carboxylic acids is 1. The fraction of sp³-hybridized carbons (Fsp3) is 0.417. The zero-order valence-corrected chi connectivity index (χ0v) is 19.2. The Hall–Kier alpha value is -2.84. The maximum absolute atomic E-state index is 13.2. The molecule has 0 N–H and O–H groups in total. The first-order valence-electron chi connectivity index (χ1n) is 11.0. The largest absolute Gasteiger partial charge is 0.494 e. The molecule has 1 aliphatic heterocycles. The molecule has 1 fully saturated rings. The van der Waals surface area contributed by atoms with Crippen LogP contribution in [0.3, 0.4) is 0 Å². The van der Waals surface area contributed by atoms with E-state index in [1.165, 1.54) is 11.3 Å². The van der Waals surface area contributed by atoms with Gasteiger partial charge >= 0.3 is 0 Å². The van der Waals surface area contributed by atoms with Crippen LogP contribution in [0.4, 0.5) is 5.13 Å². The minimum atomic E-state index is -0.154. The Morgan fingerprint density at radius 1 is 1.06 bits per heavy atom. The number of amides is 1. The van der Waals surface area contributed by atoms with E-state index in [2.05, 4.69) is 0 Å². The highest BCUT2D eigenvalue weighted by atomic mass is 32.1. The van der Waals surface area contributed by atoms with Crippen LogP contribution in [0.1, 0.15) is 26.7 Å². The van der Waals surface area contributed by atoms with Crippen molar-refractivity contribution in [3.63, 3.8) is 0 Å². The third kappa shape index (κ3) is 5.49. The van der Waals surface area contributed by atoms with Gasteiger partial charge in [0.25, 0.3) is 5.91 Å². The molecule has 7 nitrogen and oxygen atoms in total. The summed E-state index contributed by atoms with van der Waals surface area (Å²) in [6, 6.07) is 13.0. The van der Waals surface area contributed by atoms with Crippen molar-refractivity contribution in [2.24, 2.45) is 0 Å². The molecule has 2 heterocycles. The van der Waals surface area contributed by atoms with Gasteiger partial charge in [-0.15, -0.1) is 0 Å². The second-order valence-corrected chi connectivity index (χ2v) is 8.40. The standard InChI is InChI=1S/C24H28N2O5S/c1-3-28-17-7-9-18(10-8-17)31-16-23(27)26(15-20-6-5-13-30-20)24-25-21-12-11-19(29-4-2)14-22(21)32-24/h7-12,14,20H,3-6,13,15-16H2,1-2H3. The molecule has 1 amide bonds. The summed E-state index contributed by atoms with van der Waals surface area (Å²) in [4.78, 5) is 19.6.